The van der Waals surface area contributed by atoms with E-state index in [4.69, 9.17) is 0 Å². The molecule has 0 bridgehead atoms. The molecule has 0 N–H and O–H groups in total. The summed E-state index contributed by atoms with van der Waals surface area (Å²) in [6.07, 6.45) is 9.61. The second-order valence-corrected chi connectivity index (χ2v) is 6.33. The second-order valence-electron chi connectivity index (χ2n) is 6.33. The van der Waals surface area contributed by atoms with Crippen LogP contribution in [0.3, 0.4) is 0 Å². The smallest absolute Gasteiger partial charge is 0.0469 e. The van der Waals surface area contributed by atoms with E-state index >= 15 is 0 Å². The van der Waals surface area contributed by atoms with E-state index in [-0.39, 0.29) is 0 Å². The molecular weight excluding hydrogens is 278 g/mol. The van der Waals surface area contributed by atoms with Crippen molar-refractivity contribution in [2.24, 2.45) is 10.9 Å². The van der Waals surface area contributed by atoms with Crippen molar-refractivity contribution >= 4 is 6.21 Å². The Hall–Kier alpha value is -1.89. The number of hydrogen-bond donors (Lipinski definition) is 0. The van der Waals surface area contributed by atoms with Crippen LogP contribution in [0.5, 0.6) is 0 Å². The molecule has 0 aliphatic carbocycles. The number of hydrogen-bond acceptors (Lipinski definition) is 1. The van der Waals surface area contributed by atoms with Crippen LogP contribution in [0.4, 0.5) is 0 Å². The average molecular weight is 312 g/mol. The zero-order valence-corrected chi connectivity index (χ0v) is 15.7. The zero-order valence-electron chi connectivity index (χ0n) is 15.7. The molecule has 0 aliphatic rings. The van der Waals surface area contributed by atoms with Crippen LogP contribution in [0.25, 0.3) is 0 Å². The first-order valence-corrected chi connectivity index (χ1v) is 8.32. The molecule has 126 valence electrons. The van der Waals surface area contributed by atoms with Crippen molar-refractivity contribution in [2.45, 2.75) is 53.5 Å². The molecule has 0 amide bonds. The van der Waals surface area contributed by atoms with Crippen LogP contribution < -0.4 is 0 Å². The summed E-state index contributed by atoms with van der Waals surface area (Å²) in [5.74, 6) is 0.472. The fraction of sp³-hybridized carbons (Fsp3) is 0.409. The van der Waals surface area contributed by atoms with E-state index < -0.39 is 0 Å². The molecule has 0 aromatic rings. The summed E-state index contributed by atoms with van der Waals surface area (Å²) in [4.78, 5) is 4.45. The molecule has 0 aliphatic heterocycles. The van der Waals surface area contributed by atoms with Gasteiger partial charge in [0.05, 0.1) is 0 Å². The van der Waals surface area contributed by atoms with Gasteiger partial charge >= 0.3 is 0 Å². The van der Waals surface area contributed by atoms with Crippen molar-refractivity contribution in [3.8, 4) is 0 Å². The molecule has 1 heteroatoms. The first-order chi connectivity index (χ1) is 10.7. The van der Waals surface area contributed by atoms with Crippen LogP contribution in [-0.2, 0) is 0 Å². The van der Waals surface area contributed by atoms with Crippen molar-refractivity contribution in [1.29, 1.82) is 0 Å². The molecular formula is C22H33N. The molecule has 0 saturated carbocycles. The first kappa shape index (κ1) is 21.1. The van der Waals surface area contributed by atoms with Crippen molar-refractivity contribution in [3.63, 3.8) is 0 Å². The molecule has 0 fully saturated rings. The van der Waals surface area contributed by atoms with Crippen LogP contribution >= 0.6 is 0 Å². The summed E-state index contributed by atoms with van der Waals surface area (Å²) >= 11 is 0. The lowest BCUT2D eigenvalue weighted by Gasteiger charge is -2.15. The Labute approximate surface area is 143 Å². The van der Waals surface area contributed by atoms with Crippen LogP contribution in [0.2, 0.25) is 0 Å². The van der Waals surface area contributed by atoms with Gasteiger partial charge in [-0.1, -0.05) is 70.9 Å². The summed E-state index contributed by atoms with van der Waals surface area (Å²) in [7, 11) is 0. The SMILES string of the molecule is C=C/C=C(\CC(=C)C(=C)/C(C)=C\C(=C)C=NC(C)CC)C(C)C. The first-order valence-electron chi connectivity index (χ1n) is 8.32. The molecule has 1 atom stereocenters. The molecule has 23 heavy (non-hydrogen) atoms. The summed E-state index contributed by atoms with van der Waals surface area (Å²) in [6, 6.07) is 0.330. The van der Waals surface area contributed by atoms with Crippen LogP contribution in [0.1, 0.15) is 47.5 Å². The number of aliphatic imine (C=N–C) groups is 1. The summed E-state index contributed by atoms with van der Waals surface area (Å²) in [6.45, 7) is 26.8. The van der Waals surface area contributed by atoms with Crippen LogP contribution in [-0.4, -0.2) is 12.3 Å². The monoisotopic (exact) mass is 311 g/mol. The van der Waals surface area contributed by atoms with Gasteiger partial charge in [-0.15, -0.1) is 0 Å². The Morgan fingerprint density at radius 2 is 1.74 bits per heavy atom. The zero-order chi connectivity index (χ0) is 18.0. The predicted molar refractivity (Wildman–Crippen MR) is 107 cm³/mol. The van der Waals surface area contributed by atoms with Crippen molar-refractivity contribution in [1.82, 2.24) is 0 Å². The third-order valence-electron chi connectivity index (χ3n) is 3.88. The topological polar surface area (TPSA) is 12.4 Å². The van der Waals surface area contributed by atoms with E-state index in [1.807, 2.05) is 25.3 Å². The Morgan fingerprint density at radius 3 is 2.22 bits per heavy atom. The molecule has 0 spiro atoms. The molecule has 0 radical (unpaired) electrons. The number of nitrogens with zero attached hydrogens (tertiary/aromatic N) is 1. The Kier molecular flexibility index (Phi) is 9.89. The van der Waals surface area contributed by atoms with Crippen molar-refractivity contribution in [3.05, 3.63) is 72.4 Å². The average Bonchev–Trinajstić information content (AvgIpc) is 2.50. The van der Waals surface area contributed by atoms with Crippen molar-refractivity contribution < 1.29 is 0 Å². The van der Waals surface area contributed by atoms with E-state index in [1.165, 1.54) is 5.57 Å². The highest BCUT2D eigenvalue weighted by Gasteiger charge is 2.08. The molecule has 0 aromatic heterocycles. The van der Waals surface area contributed by atoms with Gasteiger partial charge in [0, 0.05) is 12.3 Å². The van der Waals surface area contributed by atoms with Crippen LogP contribution in [0, 0.1) is 5.92 Å². The fourth-order valence-corrected chi connectivity index (χ4v) is 1.97. The lowest BCUT2D eigenvalue weighted by atomic mass is 9.90. The fourth-order valence-electron chi connectivity index (χ4n) is 1.97. The van der Waals surface area contributed by atoms with E-state index in [0.29, 0.717) is 12.0 Å². The van der Waals surface area contributed by atoms with E-state index in [1.54, 1.807) is 0 Å². The van der Waals surface area contributed by atoms with Gasteiger partial charge in [-0.05, 0) is 54.9 Å². The van der Waals surface area contributed by atoms with Gasteiger partial charge in [-0.25, -0.2) is 0 Å². The van der Waals surface area contributed by atoms with Crippen molar-refractivity contribution in [2.75, 3.05) is 0 Å². The molecule has 0 saturated heterocycles. The van der Waals surface area contributed by atoms with Gasteiger partial charge in [0.15, 0.2) is 0 Å². The standard InChI is InChI=1S/C22H33N/c1-10-12-22(16(3)4)14-19(7)21(9)18(6)13-17(5)15-23-20(8)11-2/h10,12-13,15-16,20H,1,5,7,9,11,14H2,2-4,6,8H3/b18-13-,22-12+,23-15?. The van der Waals surface area contributed by atoms with Gasteiger partial charge in [0.25, 0.3) is 0 Å². The third-order valence-corrected chi connectivity index (χ3v) is 3.88. The van der Waals surface area contributed by atoms with Crippen LogP contribution in [0.15, 0.2) is 77.4 Å². The van der Waals surface area contributed by atoms with E-state index in [0.717, 1.165) is 35.1 Å². The van der Waals surface area contributed by atoms with Gasteiger partial charge in [-0.3, -0.25) is 4.99 Å². The predicted octanol–water partition coefficient (Wildman–Crippen LogP) is 6.63. The van der Waals surface area contributed by atoms with Gasteiger partial charge in [0.2, 0.25) is 0 Å². The second kappa shape index (κ2) is 10.8. The third kappa shape index (κ3) is 8.35. The van der Waals surface area contributed by atoms with Gasteiger partial charge in [0.1, 0.15) is 0 Å². The quantitative estimate of drug-likeness (QED) is 0.317. The largest absolute Gasteiger partial charge is 0.290 e. The Balaban J connectivity index is 4.94. The number of rotatable bonds is 10. The molecule has 1 unspecified atom stereocenters. The minimum atomic E-state index is 0.330. The lowest BCUT2D eigenvalue weighted by molar-refractivity contribution is 0.720. The highest BCUT2D eigenvalue weighted by Crippen LogP contribution is 2.26. The minimum Gasteiger partial charge on any atom is -0.290 e. The Bertz CT molecular complexity index is 538. The summed E-state index contributed by atoms with van der Waals surface area (Å²) < 4.78 is 0. The Morgan fingerprint density at radius 1 is 1.13 bits per heavy atom. The highest BCUT2D eigenvalue weighted by atomic mass is 14.7. The maximum atomic E-state index is 4.45. The molecule has 1 nitrogen and oxygen atoms in total. The molecule has 0 aromatic carbocycles. The number of allylic oxidation sites excluding steroid dienone is 8. The maximum Gasteiger partial charge on any atom is 0.0469 e. The minimum absolute atomic E-state index is 0.330. The van der Waals surface area contributed by atoms with Gasteiger partial charge in [-0.2, -0.15) is 0 Å². The van der Waals surface area contributed by atoms with Gasteiger partial charge < -0.3 is 0 Å². The maximum absolute atomic E-state index is 4.45. The summed E-state index contributed by atoms with van der Waals surface area (Å²) in [5.41, 5.74) is 5.29. The molecule has 0 rings (SSSR count). The highest BCUT2D eigenvalue weighted by molar-refractivity contribution is 5.82. The lowest BCUT2D eigenvalue weighted by Crippen LogP contribution is -1.99. The van der Waals surface area contributed by atoms with E-state index in [9.17, 15) is 0 Å². The molecule has 0 heterocycles. The van der Waals surface area contributed by atoms with E-state index in [2.05, 4.69) is 65.1 Å². The normalized spacial score (nSPS) is 14.2. The summed E-state index contributed by atoms with van der Waals surface area (Å²) in [5, 5.41) is 0.